The van der Waals surface area contributed by atoms with Crippen molar-refractivity contribution in [2.24, 2.45) is 0 Å². The number of rotatable bonds is 2. The second-order valence-corrected chi connectivity index (χ2v) is 4.81. The molecule has 94 valence electrons. The van der Waals surface area contributed by atoms with Crippen molar-refractivity contribution in [1.82, 2.24) is 5.32 Å². The Bertz CT molecular complexity index is 420. The fourth-order valence-electron chi connectivity index (χ4n) is 2.51. The third-order valence-corrected chi connectivity index (χ3v) is 3.62. The van der Waals surface area contributed by atoms with Gasteiger partial charge in [-0.05, 0) is 37.4 Å². The molecule has 0 fully saturated rings. The van der Waals surface area contributed by atoms with Gasteiger partial charge in [0.2, 0.25) is 0 Å². The van der Waals surface area contributed by atoms with Crippen molar-refractivity contribution in [2.45, 2.75) is 38.6 Å². The Kier molecular flexibility index (Phi) is 4.00. The lowest BCUT2D eigenvalue weighted by atomic mass is 9.98. The van der Waals surface area contributed by atoms with Gasteiger partial charge >= 0.3 is 0 Å². The van der Waals surface area contributed by atoms with Crippen molar-refractivity contribution in [3.8, 4) is 0 Å². The molecule has 2 rings (SSSR count). The molecule has 1 nitrogen and oxygen atoms in total. The van der Waals surface area contributed by atoms with Crippen LogP contribution >= 0.6 is 11.6 Å². The van der Waals surface area contributed by atoms with Crippen molar-refractivity contribution in [2.75, 3.05) is 6.54 Å². The van der Waals surface area contributed by atoms with Crippen LogP contribution in [0, 0.1) is 11.6 Å². The van der Waals surface area contributed by atoms with Gasteiger partial charge in [0.05, 0.1) is 0 Å². The van der Waals surface area contributed by atoms with Gasteiger partial charge in [-0.3, -0.25) is 0 Å². The van der Waals surface area contributed by atoms with Crippen LogP contribution in [0.1, 0.15) is 43.4 Å². The van der Waals surface area contributed by atoms with Crippen LogP contribution in [0.25, 0.3) is 0 Å². The molecule has 0 saturated carbocycles. The molecule has 1 unspecified atom stereocenters. The first-order chi connectivity index (χ1) is 8.15. The highest BCUT2D eigenvalue weighted by molar-refractivity contribution is 6.31. The lowest BCUT2D eigenvalue weighted by molar-refractivity contribution is 0.450. The minimum Gasteiger partial charge on any atom is -0.310 e. The molecule has 1 N–H and O–H groups in total. The van der Waals surface area contributed by atoms with Gasteiger partial charge in [0.25, 0.3) is 0 Å². The van der Waals surface area contributed by atoms with E-state index in [0.29, 0.717) is 10.6 Å². The standard InChI is InChI=1S/C13H16ClF2N/c1-2-17-11-6-4-3-5-8-9(14)7-10(15)13(16)12(8)11/h7,11,17H,2-6H2,1H3. The zero-order valence-corrected chi connectivity index (χ0v) is 10.6. The summed E-state index contributed by atoms with van der Waals surface area (Å²) < 4.78 is 27.4. The summed E-state index contributed by atoms with van der Waals surface area (Å²) in [4.78, 5) is 0. The van der Waals surface area contributed by atoms with Crippen molar-refractivity contribution in [3.05, 3.63) is 33.9 Å². The first-order valence-corrected chi connectivity index (χ1v) is 6.42. The number of fused-ring (bicyclic) bond motifs is 1. The molecule has 4 heteroatoms. The Morgan fingerprint density at radius 2 is 2.18 bits per heavy atom. The van der Waals surface area contributed by atoms with Gasteiger partial charge in [0, 0.05) is 16.6 Å². The summed E-state index contributed by atoms with van der Waals surface area (Å²) in [7, 11) is 0. The quantitative estimate of drug-likeness (QED) is 0.625. The SMILES string of the molecule is CCNC1CCCCc2c(Cl)cc(F)c(F)c21. The Morgan fingerprint density at radius 1 is 1.41 bits per heavy atom. The minimum absolute atomic E-state index is 0.120. The monoisotopic (exact) mass is 259 g/mol. The lowest BCUT2D eigenvalue weighted by Crippen LogP contribution is -2.22. The normalized spacial score (nSPS) is 19.9. The molecule has 0 heterocycles. The van der Waals surface area contributed by atoms with Crippen molar-refractivity contribution in [1.29, 1.82) is 0 Å². The molecule has 1 aliphatic rings. The second-order valence-electron chi connectivity index (χ2n) is 4.40. The van der Waals surface area contributed by atoms with E-state index in [4.69, 9.17) is 11.6 Å². The average molecular weight is 260 g/mol. The zero-order valence-electron chi connectivity index (χ0n) is 9.82. The van der Waals surface area contributed by atoms with Gasteiger partial charge in [-0.1, -0.05) is 24.9 Å². The number of benzene rings is 1. The van der Waals surface area contributed by atoms with E-state index >= 15 is 0 Å². The van der Waals surface area contributed by atoms with Crippen LogP contribution < -0.4 is 5.32 Å². The summed E-state index contributed by atoms with van der Waals surface area (Å²) in [5, 5.41) is 3.56. The smallest absolute Gasteiger partial charge is 0.163 e. The molecular weight excluding hydrogens is 244 g/mol. The summed E-state index contributed by atoms with van der Waals surface area (Å²) in [6.07, 6.45) is 3.54. The highest BCUT2D eigenvalue weighted by atomic mass is 35.5. The highest BCUT2D eigenvalue weighted by Gasteiger charge is 2.25. The second kappa shape index (κ2) is 5.32. The lowest BCUT2D eigenvalue weighted by Gasteiger charge is -2.20. The Morgan fingerprint density at radius 3 is 2.88 bits per heavy atom. The van der Waals surface area contributed by atoms with Crippen LogP contribution in [0.4, 0.5) is 8.78 Å². The van der Waals surface area contributed by atoms with Crippen molar-refractivity contribution in [3.63, 3.8) is 0 Å². The van der Waals surface area contributed by atoms with Crippen LogP contribution in [0.2, 0.25) is 5.02 Å². The highest BCUT2D eigenvalue weighted by Crippen LogP contribution is 2.35. The zero-order chi connectivity index (χ0) is 12.4. The first-order valence-electron chi connectivity index (χ1n) is 6.04. The number of hydrogen-bond acceptors (Lipinski definition) is 1. The van der Waals surface area contributed by atoms with E-state index in [1.165, 1.54) is 0 Å². The third kappa shape index (κ3) is 2.45. The van der Waals surface area contributed by atoms with E-state index in [9.17, 15) is 8.78 Å². The summed E-state index contributed by atoms with van der Waals surface area (Å²) in [6, 6.07) is 0.968. The molecule has 0 bridgehead atoms. The fourth-order valence-corrected chi connectivity index (χ4v) is 2.81. The Balaban J connectivity index is 2.54. The maximum Gasteiger partial charge on any atom is 0.163 e. The molecule has 17 heavy (non-hydrogen) atoms. The molecule has 0 radical (unpaired) electrons. The maximum atomic E-state index is 13.9. The predicted octanol–water partition coefficient (Wildman–Crippen LogP) is 4.00. The van der Waals surface area contributed by atoms with E-state index in [1.807, 2.05) is 6.92 Å². The number of halogens is 3. The molecule has 1 atom stereocenters. The van der Waals surface area contributed by atoms with Crippen LogP contribution in [-0.2, 0) is 6.42 Å². The number of nitrogens with one attached hydrogen (secondary N) is 1. The summed E-state index contributed by atoms with van der Waals surface area (Å²) in [6.45, 7) is 2.70. The van der Waals surface area contributed by atoms with Gasteiger partial charge < -0.3 is 5.32 Å². The van der Waals surface area contributed by atoms with Crippen LogP contribution in [0.5, 0.6) is 0 Å². The van der Waals surface area contributed by atoms with Gasteiger partial charge in [-0.25, -0.2) is 8.78 Å². The molecule has 0 amide bonds. The largest absolute Gasteiger partial charge is 0.310 e. The molecule has 0 aliphatic heterocycles. The van der Waals surface area contributed by atoms with Gasteiger partial charge in [-0.2, -0.15) is 0 Å². The fraction of sp³-hybridized carbons (Fsp3) is 0.538. The van der Waals surface area contributed by atoms with Crippen molar-refractivity contribution >= 4 is 11.6 Å². The maximum absolute atomic E-state index is 13.9. The van der Waals surface area contributed by atoms with E-state index in [2.05, 4.69) is 5.32 Å². The molecule has 1 aliphatic carbocycles. The van der Waals surface area contributed by atoms with E-state index in [1.54, 1.807) is 0 Å². The van der Waals surface area contributed by atoms with Crippen LogP contribution in [0.15, 0.2) is 6.07 Å². The Hall–Kier alpha value is -0.670. The summed E-state index contributed by atoms with van der Waals surface area (Å²) in [5.74, 6) is -1.59. The average Bonchev–Trinajstić information content (AvgIpc) is 2.50. The molecule has 0 aromatic heterocycles. The van der Waals surface area contributed by atoms with Crippen molar-refractivity contribution < 1.29 is 8.78 Å². The third-order valence-electron chi connectivity index (χ3n) is 3.28. The van der Waals surface area contributed by atoms with E-state index in [-0.39, 0.29) is 6.04 Å². The summed E-state index contributed by atoms with van der Waals surface area (Å²) >= 11 is 6.02. The van der Waals surface area contributed by atoms with E-state index < -0.39 is 11.6 Å². The minimum atomic E-state index is -0.849. The van der Waals surface area contributed by atoms with Gasteiger partial charge in [0.15, 0.2) is 11.6 Å². The van der Waals surface area contributed by atoms with Crippen LogP contribution in [-0.4, -0.2) is 6.54 Å². The first kappa shape index (κ1) is 12.8. The van der Waals surface area contributed by atoms with Gasteiger partial charge in [-0.15, -0.1) is 0 Å². The number of hydrogen-bond donors (Lipinski definition) is 1. The molecule has 0 spiro atoms. The molecular formula is C13H16ClF2N. The van der Waals surface area contributed by atoms with Crippen LogP contribution in [0.3, 0.4) is 0 Å². The summed E-state index contributed by atoms with van der Waals surface area (Å²) in [5.41, 5.74) is 1.21. The molecule has 1 aromatic carbocycles. The van der Waals surface area contributed by atoms with E-state index in [0.717, 1.165) is 43.9 Å². The predicted molar refractivity (Wildman–Crippen MR) is 65.3 cm³/mol. The topological polar surface area (TPSA) is 12.0 Å². The van der Waals surface area contributed by atoms with Gasteiger partial charge in [0.1, 0.15) is 0 Å². The molecule has 0 saturated heterocycles. The Labute approximate surface area is 105 Å². The molecule has 1 aromatic rings.